The van der Waals surface area contributed by atoms with Crippen molar-refractivity contribution in [1.29, 1.82) is 0 Å². The highest BCUT2D eigenvalue weighted by molar-refractivity contribution is 9.10. The van der Waals surface area contributed by atoms with Gasteiger partial charge in [-0.05, 0) is 25.5 Å². The third-order valence-corrected chi connectivity index (χ3v) is 3.62. The van der Waals surface area contributed by atoms with E-state index in [1.54, 1.807) is 0 Å². The van der Waals surface area contributed by atoms with Crippen LogP contribution in [0.25, 0.3) is 0 Å². The van der Waals surface area contributed by atoms with Gasteiger partial charge in [0.15, 0.2) is 0 Å². The molecule has 0 aliphatic carbocycles. The molecular weight excluding hydrogens is 266 g/mol. The third kappa shape index (κ3) is 3.06. The van der Waals surface area contributed by atoms with Gasteiger partial charge >= 0.3 is 0 Å². The first kappa shape index (κ1) is 12.1. The smallest absolute Gasteiger partial charge is 0.0678 e. The molecule has 0 aromatic heterocycles. The summed E-state index contributed by atoms with van der Waals surface area (Å²) in [5.41, 5.74) is 1.35. The molecule has 1 saturated heterocycles. The fourth-order valence-corrected chi connectivity index (χ4v) is 2.69. The van der Waals surface area contributed by atoms with Crippen LogP contribution in [-0.4, -0.2) is 30.2 Å². The molecule has 0 spiro atoms. The van der Waals surface area contributed by atoms with Gasteiger partial charge in [0.2, 0.25) is 0 Å². The summed E-state index contributed by atoms with van der Waals surface area (Å²) in [6, 6.07) is 8.42. The summed E-state index contributed by atoms with van der Waals surface area (Å²) in [4.78, 5) is 2.46. The number of rotatable bonds is 2. The maximum Gasteiger partial charge on any atom is 0.0678 e. The Labute approximate surface area is 106 Å². The average molecular weight is 284 g/mol. The second kappa shape index (κ2) is 5.30. The van der Waals surface area contributed by atoms with Gasteiger partial charge in [0.05, 0.1) is 12.2 Å². The molecule has 16 heavy (non-hydrogen) atoms. The zero-order valence-electron chi connectivity index (χ0n) is 9.82. The summed E-state index contributed by atoms with van der Waals surface area (Å²) in [7, 11) is 0. The first-order chi connectivity index (χ1) is 7.65. The van der Waals surface area contributed by atoms with Crippen molar-refractivity contribution < 1.29 is 4.74 Å². The SMILES string of the molecule is CC1CN(Cc2ccccc2Br)CC(C)O1. The molecule has 1 aliphatic rings. The number of ether oxygens (including phenoxy) is 1. The molecule has 0 radical (unpaired) electrons. The average Bonchev–Trinajstić information content (AvgIpc) is 2.20. The van der Waals surface area contributed by atoms with E-state index in [2.05, 4.69) is 58.9 Å². The van der Waals surface area contributed by atoms with Crippen LogP contribution in [0, 0.1) is 0 Å². The summed E-state index contributed by atoms with van der Waals surface area (Å²) in [6.45, 7) is 7.32. The second-order valence-corrected chi connectivity index (χ2v) is 5.40. The summed E-state index contributed by atoms with van der Waals surface area (Å²) in [5.74, 6) is 0. The fraction of sp³-hybridized carbons (Fsp3) is 0.538. The molecule has 0 saturated carbocycles. The Kier molecular flexibility index (Phi) is 4.00. The molecule has 3 heteroatoms. The van der Waals surface area contributed by atoms with Crippen LogP contribution in [0.5, 0.6) is 0 Å². The van der Waals surface area contributed by atoms with E-state index in [0.29, 0.717) is 12.2 Å². The largest absolute Gasteiger partial charge is 0.373 e. The first-order valence-corrected chi connectivity index (χ1v) is 6.55. The van der Waals surface area contributed by atoms with Crippen LogP contribution >= 0.6 is 15.9 Å². The Morgan fingerprint density at radius 1 is 1.25 bits per heavy atom. The van der Waals surface area contributed by atoms with Crippen LogP contribution < -0.4 is 0 Å². The minimum Gasteiger partial charge on any atom is -0.373 e. The number of morpholine rings is 1. The molecular formula is C13H18BrNO. The number of hydrogen-bond acceptors (Lipinski definition) is 2. The molecule has 0 bridgehead atoms. The van der Waals surface area contributed by atoms with Crippen molar-refractivity contribution in [2.75, 3.05) is 13.1 Å². The number of hydrogen-bond donors (Lipinski definition) is 0. The van der Waals surface area contributed by atoms with E-state index < -0.39 is 0 Å². The zero-order chi connectivity index (χ0) is 11.5. The van der Waals surface area contributed by atoms with E-state index in [4.69, 9.17) is 4.74 Å². The maximum absolute atomic E-state index is 5.73. The van der Waals surface area contributed by atoms with Gasteiger partial charge in [0.1, 0.15) is 0 Å². The summed E-state index contributed by atoms with van der Waals surface area (Å²) < 4.78 is 6.93. The van der Waals surface area contributed by atoms with Crippen LogP contribution in [0.1, 0.15) is 19.4 Å². The normalized spacial score (nSPS) is 26.9. The fourth-order valence-electron chi connectivity index (χ4n) is 2.28. The number of benzene rings is 1. The van der Waals surface area contributed by atoms with E-state index in [1.807, 2.05) is 0 Å². The van der Waals surface area contributed by atoms with E-state index in [1.165, 1.54) is 10.0 Å². The quantitative estimate of drug-likeness (QED) is 0.827. The minimum absolute atomic E-state index is 0.339. The predicted molar refractivity (Wildman–Crippen MR) is 69.4 cm³/mol. The molecule has 1 aliphatic heterocycles. The third-order valence-electron chi connectivity index (χ3n) is 2.85. The van der Waals surface area contributed by atoms with Crippen molar-refractivity contribution in [3.05, 3.63) is 34.3 Å². The lowest BCUT2D eigenvalue weighted by atomic mass is 10.1. The van der Waals surface area contributed by atoms with Crippen LogP contribution in [0.2, 0.25) is 0 Å². The van der Waals surface area contributed by atoms with E-state index >= 15 is 0 Å². The van der Waals surface area contributed by atoms with Crippen LogP contribution in [-0.2, 0) is 11.3 Å². The van der Waals surface area contributed by atoms with Crippen LogP contribution in [0.15, 0.2) is 28.7 Å². The highest BCUT2D eigenvalue weighted by Gasteiger charge is 2.22. The Morgan fingerprint density at radius 2 is 1.88 bits per heavy atom. The standard InChI is InChI=1S/C13H18BrNO/c1-10-7-15(8-11(2)16-10)9-12-5-3-4-6-13(12)14/h3-6,10-11H,7-9H2,1-2H3. The number of halogens is 1. The van der Waals surface area contributed by atoms with Gasteiger partial charge in [-0.2, -0.15) is 0 Å². The molecule has 2 unspecified atom stereocenters. The lowest BCUT2D eigenvalue weighted by Gasteiger charge is -2.35. The van der Waals surface area contributed by atoms with Crippen LogP contribution in [0.4, 0.5) is 0 Å². The van der Waals surface area contributed by atoms with Gasteiger partial charge in [-0.1, -0.05) is 34.1 Å². The maximum atomic E-state index is 5.73. The molecule has 0 N–H and O–H groups in total. The summed E-state index contributed by atoms with van der Waals surface area (Å²) in [5, 5.41) is 0. The molecule has 2 rings (SSSR count). The van der Waals surface area contributed by atoms with Crippen molar-refractivity contribution >= 4 is 15.9 Å². The molecule has 1 heterocycles. The van der Waals surface area contributed by atoms with Gasteiger partial charge in [-0.15, -0.1) is 0 Å². The van der Waals surface area contributed by atoms with Gasteiger partial charge < -0.3 is 4.74 Å². The van der Waals surface area contributed by atoms with E-state index in [9.17, 15) is 0 Å². The molecule has 2 nitrogen and oxygen atoms in total. The monoisotopic (exact) mass is 283 g/mol. The molecule has 2 atom stereocenters. The van der Waals surface area contributed by atoms with Crippen molar-refractivity contribution in [3.8, 4) is 0 Å². The molecule has 88 valence electrons. The molecule has 1 aromatic carbocycles. The second-order valence-electron chi connectivity index (χ2n) is 4.54. The highest BCUT2D eigenvalue weighted by Crippen LogP contribution is 2.20. The Morgan fingerprint density at radius 3 is 2.50 bits per heavy atom. The topological polar surface area (TPSA) is 12.5 Å². The lowest BCUT2D eigenvalue weighted by molar-refractivity contribution is -0.0705. The van der Waals surface area contributed by atoms with E-state index in [0.717, 1.165) is 19.6 Å². The van der Waals surface area contributed by atoms with Gasteiger partial charge in [0.25, 0.3) is 0 Å². The van der Waals surface area contributed by atoms with Gasteiger partial charge in [0, 0.05) is 24.1 Å². The predicted octanol–water partition coefficient (Wildman–Crippen LogP) is 3.06. The Hall–Kier alpha value is -0.380. The highest BCUT2D eigenvalue weighted by atomic mass is 79.9. The first-order valence-electron chi connectivity index (χ1n) is 5.76. The van der Waals surface area contributed by atoms with Gasteiger partial charge in [-0.3, -0.25) is 4.90 Å². The summed E-state index contributed by atoms with van der Waals surface area (Å²) in [6.07, 6.45) is 0.678. The van der Waals surface area contributed by atoms with E-state index in [-0.39, 0.29) is 0 Å². The Balaban J connectivity index is 2.02. The summed E-state index contributed by atoms with van der Waals surface area (Å²) >= 11 is 3.60. The van der Waals surface area contributed by atoms with Crippen LogP contribution in [0.3, 0.4) is 0 Å². The Bertz CT molecular complexity index is 346. The van der Waals surface area contributed by atoms with Crippen molar-refractivity contribution in [2.24, 2.45) is 0 Å². The van der Waals surface area contributed by atoms with Crippen molar-refractivity contribution in [2.45, 2.75) is 32.6 Å². The van der Waals surface area contributed by atoms with Crippen molar-refractivity contribution in [3.63, 3.8) is 0 Å². The lowest BCUT2D eigenvalue weighted by Crippen LogP contribution is -2.44. The molecule has 1 aromatic rings. The number of nitrogens with zero attached hydrogens (tertiary/aromatic N) is 1. The molecule has 1 fully saturated rings. The molecule has 0 amide bonds. The minimum atomic E-state index is 0.339. The van der Waals surface area contributed by atoms with Gasteiger partial charge in [-0.25, -0.2) is 0 Å². The van der Waals surface area contributed by atoms with Crippen molar-refractivity contribution in [1.82, 2.24) is 4.90 Å². The zero-order valence-corrected chi connectivity index (χ0v) is 11.4.